The quantitative estimate of drug-likeness (QED) is 0.168. The van der Waals surface area contributed by atoms with Gasteiger partial charge >= 0.3 is 0 Å². The molecular formula is C31H30N2O6. The minimum atomic E-state index is -0.442. The molecule has 0 N–H and O–H groups in total. The summed E-state index contributed by atoms with van der Waals surface area (Å²) in [6.45, 7) is 12.2. The van der Waals surface area contributed by atoms with Crippen molar-refractivity contribution in [2.75, 3.05) is 0 Å². The monoisotopic (exact) mass is 526 g/mol. The van der Waals surface area contributed by atoms with Gasteiger partial charge in [0.1, 0.15) is 23.0 Å². The first kappa shape index (κ1) is 27.3. The van der Waals surface area contributed by atoms with Crippen LogP contribution in [0.2, 0.25) is 0 Å². The fourth-order valence-corrected chi connectivity index (χ4v) is 4.67. The van der Waals surface area contributed by atoms with Crippen LogP contribution in [0, 0.1) is 47.9 Å². The molecule has 8 nitrogen and oxygen atoms in total. The average molecular weight is 527 g/mol. The zero-order valence-corrected chi connectivity index (χ0v) is 22.8. The van der Waals surface area contributed by atoms with Gasteiger partial charge in [-0.15, -0.1) is 0 Å². The second-order valence-electron chi connectivity index (χ2n) is 10.2. The predicted octanol–water partition coefficient (Wildman–Crippen LogP) is 8.65. The molecule has 0 aliphatic carbocycles. The molecule has 4 aromatic carbocycles. The molecule has 8 heteroatoms. The maximum atomic E-state index is 11.1. The lowest BCUT2D eigenvalue weighted by Gasteiger charge is -2.29. The van der Waals surface area contributed by atoms with Crippen LogP contribution in [0.5, 0.6) is 23.0 Å². The van der Waals surface area contributed by atoms with Gasteiger partial charge in [0, 0.05) is 17.5 Å². The first-order valence-electron chi connectivity index (χ1n) is 12.4. The standard InChI is InChI=1S/C31H30N2O6/c1-19-13-23(14-20(2)29(19)38-27-11-7-9-25(17-27)32(34)35)31(5,6)24-15-21(3)30(22(4)16-24)39-28-12-8-10-26(18-28)33(36)37/h7-18H,1-6H3. The third-order valence-corrected chi connectivity index (χ3v) is 6.86. The highest BCUT2D eigenvalue weighted by Crippen LogP contribution is 2.40. The van der Waals surface area contributed by atoms with Crippen LogP contribution in [0.1, 0.15) is 47.2 Å². The Bertz CT molecular complexity index is 1430. The fraction of sp³-hybridized carbons (Fsp3) is 0.226. The molecule has 0 heterocycles. The van der Waals surface area contributed by atoms with E-state index in [9.17, 15) is 20.2 Å². The van der Waals surface area contributed by atoms with Gasteiger partial charge in [-0.05, 0) is 73.2 Å². The van der Waals surface area contributed by atoms with Gasteiger partial charge in [0.25, 0.3) is 11.4 Å². The molecule has 39 heavy (non-hydrogen) atoms. The van der Waals surface area contributed by atoms with E-state index in [1.807, 2.05) is 27.7 Å². The molecule has 0 amide bonds. The van der Waals surface area contributed by atoms with E-state index in [1.54, 1.807) is 24.3 Å². The van der Waals surface area contributed by atoms with E-state index in [2.05, 4.69) is 38.1 Å². The molecule has 0 bridgehead atoms. The number of nitro groups is 2. The molecule has 0 saturated carbocycles. The molecule has 0 aliphatic heterocycles. The molecule has 0 spiro atoms. The molecule has 0 unspecified atom stereocenters. The van der Waals surface area contributed by atoms with Crippen LogP contribution in [-0.4, -0.2) is 9.85 Å². The summed E-state index contributed by atoms with van der Waals surface area (Å²) < 4.78 is 12.1. The molecule has 200 valence electrons. The number of nitro benzene ring substituents is 2. The van der Waals surface area contributed by atoms with Crippen molar-refractivity contribution in [3.05, 3.63) is 126 Å². The van der Waals surface area contributed by atoms with Crippen molar-refractivity contribution in [1.82, 2.24) is 0 Å². The van der Waals surface area contributed by atoms with E-state index < -0.39 is 9.85 Å². The molecule has 0 radical (unpaired) electrons. The number of nitrogens with zero attached hydrogens (tertiary/aromatic N) is 2. The lowest BCUT2D eigenvalue weighted by molar-refractivity contribution is -0.385. The Morgan fingerprint density at radius 1 is 0.590 bits per heavy atom. The molecular weight excluding hydrogens is 496 g/mol. The summed E-state index contributed by atoms with van der Waals surface area (Å²) in [6, 6.07) is 20.6. The number of aryl methyl sites for hydroxylation is 4. The van der Waals surface area contributed by atoms with Crippen LogP contribution < -0.4 is 9.47 Å². The summed E-state index contributed by atoms with van der Waals surface area (Å²) in [4.78, 5) is 21.4. The third kappa shape index (κ3) is 5.75. The van der Waals surface area contributed by atoms with Gasteiger partial charge in [-0.2, -0.15) is 0 Å². The smallest absolute Gasteiger partial charge is 0.273 e. The zero-order valence-electron chi connectivity index (χ0n) is 22.8. The summed E-state index contributed by atoms with van der Waals surface area (Å²) >= 11 is 0. The highest BCUT2D eigenvalue weighted by atomic mass is 16.6. The number of non-ortho nitro benzene ring substituents is 2. The predicted molar refractivity (Wildman–Crippen MR) is 150 cm³/mol. The molecule has 0 fully saturated rings. The normalized spacial score (nSPS) is 11.2. The van der Waals surface area contributed by atoms with Crippen molar-refractivity contribution < 1.29 is 19.3 Å². The average Bonchev–Trinajstić information content (AvgIpc) is 2.88. The summed E-state index contributed by atoms with van der Waals surface area (Å²) in [5.74, 6) is 2.16. The van der Waals surface area contributed by atoms with Gasteiger partial charge in [0.15, 0.2) is 0 Å². The van der Waals surface area contributed by atoms with Crippen molar-refractivity contribution in [3.63, 3.8) is 0 Å². The maximum Gasteiger partial charge on any atom is 0.273 e. The van der Waals surface area contributed by atoms with Gasteiger partial charge < -0.3 is 9.47 Å². The van der Waals surface area contributed by atoms with E-state index in [4.69, 9.17) is 9.47 Å². The fourth-order valence-electron chi connectivity index (χ4n) is 4.67. The van der Waals surface area contributed by atoms with E-state index in [1.165, 1.54) is 24.3 Å². The van der Waals surface area contributed by atoms with Crippen molar-refractivity contribution >= 4 is 11.4 Å². The third-order valence-electron chi connectivity index (χ3n) is 6.86. The number of hydrogen-bond donors (Lipinski definition) is 0. The Kier molecular flexibility index (Phi) is 7.40. The summed E-state index contributed by atoms with van der Waals surface area (Å²) in [5, 5.41) is 22.3. The first-order chi connectivity index (χ1) is 18.4. The molecule has 0 atom stereocenters. The van der Waals surface area contributed by atoms with E-state index >= 15 is 0 Å². The molecule has 4 aromatic rings. The summed E-state index contributed by atoms with van der Waals surface area (Å²) in [6.07, 6.45) is 0. The largest absolute Gasteiger partial charge is 0.457 e. The van der Waals surface area contributed by atoms with Crippen LogP contribution >= 0.6 is 0 Å². The van der Waals surface area contributed by atoms with Crippen molar-refractivity contribution in [3.8, 4) is 23.0 Å². The minimum Gasteiger partial charge on any atom is -0.457 e. The Morgan fingerprint density at radius 3 is 1.23 bits per heavy atom. The number of hydrogen-bond acceptors (Lipinski definition) is 6. The highest BCUT2D eigenvalue weighted by molar-refractivity contribution is 5.54. The SMILES string of the molecule is Cc1cc(C(C)(C)c2cc(C)c(Oc3cccc([N+](=O)[O-])c3)c(C)c2)cc(C)c1Oc1cccc([N+](=O)[O-])c1. The van der Waals surface area contributed by atoms with Crippen molar-refractivity contribution in [2.45, 2.75) is 47.0 Å². The Balaban J connectivity index is 1.64. The minimum absolute atomic E-state index is 0.0239. The van der Waals surface area contributed by atoms with Crippen LogP contribution in [-0.2, 0) is 5.41 Å². The molecule has 0 saturated heterocycles. The second kappa shape index (κ2) is 10.6. The topological polar surface area (TPSA) is 105 Å². The van der Waals surface area contributed by atoms with E-state index in [0.717, 1.165) is 33.4 Å². The van der Waals surface area contributed by atoms with Gasteiger partial charge in [-0.3, -0.25) is 20.2 Å². The van der Waals surface area contributed by atoms with Crippen LogP contribution in [0.15, 0.2) is 72.8 Å². The lowest BCUT2D eigenvalue weighted by Crippen LogP contribution is -2.20. The Morgan fingerprint density at radius 2 is 0.923 bits per heavy atom. The number of benzene rings is 4. The van der Waals surface area contributed by atoms with Crippen molar-refractivity contribution in [2.24, 2.45) is 0 Å². The van der Waals surface area contributed by atoms with Gasteiger partial charge in [-0.25, -0.2) is 0 Å². The van der Waals surface area contributed by atoms with Crippen LogP contribution in [0.3, 0.4) is 0 Å². The van der Waals surface area contributed by atoms with Crippen LogP contribution in [0.25, 0.3) is 0 Å². The second-order valence-corrected chi connectivity index (χ2v) is 10.2. The number of ether oxygens (including phenoxy) is 2. The molecule has 4 rings (SSSR count). The molecule has 0 aliphatic rings. The highest BCUT2D eigenvalue weighted by Gasteiger charge is 2.27. The lowest BCUT2D eigenvalue weighted by atomic mass is 9.76. The zero-order chi connectivity index (χ0) is 28.5. The Hall–Kier alpha value is -4.72. The van der Waals surface area contributed by atoms with Crippen molar-refractivity contribution in [1.29, 1.82) is 0 Å². The van der Waals surface area contributed by atoms with E-state index in [-0.39, 0.29) is 16.8 Å². The van der Waals surface area contributed by atoms with E-state index in [0.29, 0.717) is 23.0 Å². The number of rotatable bonds is 8. The summed E-state index contributed by atoms with van der Waals surface area (Å²) in [7, 11) is 0. The maximum absolute atomic E-state index is 11.1. The summed E-state index contributed by atoms with van der Waals surface area (Å²) in [5.41, 5.74) is 5.46. The van der Waals surface area contributed by atoms with Crippen LogP contribution in [0.4, 0.5) is 11.4 Å². The van der Waals surface area contributed by atoms with Gasteiger partial charge in [0.05, 0.1) is 22.0 Å². The van der Waals surface area contributed by atoms with Gasteiger partial charge in [-0.1, -0.05) is 50.2 Å². The van der Waals surface area contributed by atoms with Gasteiger partial charge in [0.2, 0.25) is 0 Å². The molecule has 0 aromatic heterocycles. The first-order valence-corrected chi connectivity index (χ1v) is 12.4. The Labute approximate surface area is 227 Å².